The summed E-state index contributed by atoms with van der Waals surface area (Å²) in [4.78, 5) is 40.7. The average molecular weight is 318 g/mol. The molecule has 122 valence electrons. The molecule has 1 saturated heterocycles. The average Bonchev–Trinajstić information content (AvgIpc) is 2.80. The standard InChI is InChI=1S/C15H18N4O4/c1-23-11-6-5-10(9-16-11)12(20)18-19-13(21)15(17-14(19)22)7-3-2-4-8-15/h5-6,9H,2-4,7-8H2,1H3,(H,17,22)(H,18,20). The van der Waals surface area contributed by atoms with E-state index < -0.39 is 23.4 Å². The second kappa shape index (κ2) is 5.86. The Balaban J connectivity index is 1.72. The van der Waals surface area contributed by atoms with Crippen molar-refractivity contribution in [2.45, 2.75) is 37.6 Å². The number of hydrogen-bond acceptors (Lipinski definition) is 5. The molecule has 2 fully saturated rings. The quantitative estimate of drug-likeness (QED) is 0.809. The molecule has 2 aliphatic rings. The van der Waals surface area contributed by atoms with Crippen molar-refractivity contribution in [1.29, 1.82) is 0 Å². The topological polar surface area (TPSA) is 101 Å². The number of carbonyl (C=O) groups is 3. The van der Waals surface area contributed by atoms with E-state index in [2.05, 4.69) is 15.7 Å². The Labute approximate surface area is 133 Å². The number of nitrogens with one attached hydrogen (secondary N) is 2. The Kier molecular flexibility index (Phi) is 3.89. The summed E-state index contributed by atoms with van der Waals surface area (Å²) in [6.07, 6.45) is 5.35. The number of hydrogen-bond donors (Lipinski definition) is 2. The van der Waals surface area contributed by atoms with Crippen molar-refractivity contribution in [2.75, 3.05) is 7.11 Å². The first-order chi connectivity index (χ1) is 11.1. The molecule has 0 atom stereocenters. The molecular weight excluding hydrogens is 300 g/mol. The third-order valence-electron chi connectivity index (χ3n) is 4.29. The third-order valence-corrected chi connectivity index (χ3v) is 4.29. The van der Waals surface area contributed by atoms with Gasteiger partial charge in [0.25, 0.3) is 11.8 Å². The summed E-state index contributed by atoms with van der Waals surface area (Å²) in [7, 11) is 1.47. The van der Waals surface area contributed by atoms with Gasteiger partial charge in [-0.05, 0) is 18.9 Å². The zero-order valence-electron chi connectivity index (χ0n) is 12.8. The van der Waals surface area contributed by atoms with Gasteiger partial charge >= 0.3 is 6.03 Å². The van der Waals surface area contributed by atoms with E-state index in [0.29, 0.717) is 18.7 Å². The fourth-order valence-electron chi connectivity index (χ4n) is 3.02. The lowest BCUT2D eigenvalue weighted by Gasteiger charge is -2.30. The Hall–Kier alpha value is -2.64. The second-order valence-corrected chi connectivity index (χ2v) is 5.74. The first kappa shape index (κ1) is 15.3. The number of carbonyl (C=O) groups excluding carboxylic acids is 3. The number of amides is 4. The van der Waals surface area contributed by atoms with Gasteiger partial charge in [-0.25, -0.2) is 9.78 Å². The lowest BCUT2D eigenvalue weighted by Crippen LogP contribution is -2.50. The molecule has 1 saturated carbocycles. The summed E-state index contributed by atoms with van der Waals surface area (Å²) in [6.45, 7) is 0. The molecule has 1 aliphatic carbocycles. The minimum Gasteiger partial charge on any atom is -0.481 e. The van der Waals surface area contributed by atoms with Crippen LogP contribution in [0.1, 0.15) is 42.5 Å². The molecule has 0 aromatic carbocycles. The molecule has 4 amide bonds. The van der Waals surface area contributed by atoms with Crippen LogP contribution in [0.4, 0.5) is 4.79 Å². The van der Waals surface area contributed by atoms with Gasteiger partial charge in [-0.2, -0.15) is 5.01 Å². The summed E-state index contributed by atoms with van der Waals surface area (Å²) in [6, 6.07) is 2.45. The number of ether oxygens (including phenoxy) is 1. The van der Waals surface area contributed by atoms with Gasteiger partial charge in [-0.1, -0.05) is 19.3 Å². The molecule has 1 spiro atoms. The summed E-state index contributed by atoms with van der Waals surface area (Å²) >= 11 is 0. The monoisotopic (exact) mass is 318 g/mol. The van der Waals surface area contributed by atoms with Crippen LogP contribution >= 0.6 is 0 Å². The molecule has 8 nitrogen and oxygen atoms in total. The van der Waals surface area contributed by atoms with Gasteiger partial charge in [0.05, 0.1) is 12.7 Å². The number of urea groups is 1. The highest BCUT2D eigenvalue weighted by Crippen LogP contribution is 2.33. The van der Waals surface area contributed by atoms with Crippen LogP contribution < -0.4 is 15.5 Å². The fraction of sp³-hybridized carbons (Fsp3) is 0.467. The first-order valence-electron chi connectivity index (χ1n) is 7.53. The lowest BCUT2D eigenvalue weighted by molar-refractivity contribution is -0.134. The largest absolute Gasteiger partial charge is 0.481 e. The van der Waals surface area contributed by atoms with E-state index in [1.807, 2.05) is 0 Å². The molecule has 1 aromatic heterocycles. The highest BCUT2D eigenvalue weighted by atomic mass is 16.5. The Morgan fingerprint density at radius 2 is 2.04 bits per heavy atom. The van der Waals surface area contributed by atoms with Gasteiger partial charge < -0.3 is 10.1 Å². The van der Waals surface area contributed by atoms with Gasteiger partial charge in [0.1, 0.15) is 5.54 Å². The highest BCUT2D eigenvalue weighted by molar-refractivity contribution is 6.09. The molecule has 0 unspecified atom stereocenters. The Morgan fingerprint density at radius 3 is 2.65 bits per heavy atom. The van der Waals surface area contributed by atoms with Crippen LogP contribution in [0.15, 0.2) is 18.3 Å². The molecule has 1 aliphatic heterocycles. The second-order valence-electron chi connectivity index (χ2n) is 5.74. The van der Waals surface area contributed by atoms with E-state index in [-0.39, 0.29) is 5.56 Å². The Morgan fingerprint density at radius 1 is 1.30 bits per heavy atom. The third kappa shape index (κ3) is 2.71. The molecule has 23 heavy (non-hydrogen) atoms. The maximum Gasteiger partial charge on any atom is 0.344 e. The van der Waals surface area contributed by atoms with Gasteiger partial charge in [0.2, 0.25) is 5.88 Å². The van der Waals surface area contributed by atoms with Crippen LogP contribution in [0.25, 0.3) is 0 Å². The van der Waals surface area contributed by atoms with Crippen molar-refractivity contribution < 1.29 is 19.1 Å². The van der Waals surface area contributed by atoms with Crippen molar-refractivity contribution >= 4 is 17.8 Å². The predicted octanol–water partition coefficient (Wildman–Crippen LogP) is 0.990. The number of hydrazine groups is 1. The van der Waals surface area contributed by atoms with Gasteiger partial charge in [-0.3, -0.25) is 15.0 Å². The van der Waals surface area contributed by atoms with Crippen molar-refractivity contribution in [3.8, 4) is 5.88 Å². The Bertz CT molecular complexity index is 637. The van der Waals surface area contributed by atoms with E-state index in [0.717, 1.165) is 24.3 Å². The number of pyridine rings is 1. The summed E-state index contributed by atoms with van der Waals surface area (Å²) < 4.78 is 4.92. The molecule has 2 N–H and O–H groups in total. The van der Waals surface area contributed by atoms with Crippen LogP contribution in [-0.2, 0) is 4.79 Å². The van der Waals surface area contributed by atoms with E-state index >= 15 is 0 Å². The molecule has 1 aromatic rings. The smallest absolute Gasteiger partial charge is 0.344 e. The van der Waals surface area contributed by atoms with Gasteiger partial charge in [0.15, 0.2) is 0 Å². The molecule has 0 bridgehead atoms. The van der Waals surface area contributed by atoms with Crippen LogP contribution in [0.3, 0.4) is 0 Å². The SMILES string of the molecule is COc1ccc(C(=O)NN2C(=O)NC3(CCCCC3)C2=O)cn1. The van der Waals surface area contributed by atoms with Crippen molar-refractivity contribution in [1.82, 2.24) is 20.7 Å². The van der Waals surface area contributed by atoms with E-state index in [1.54, 1.807) is 0 Å². The molecule has 2 heterocycles. The van der Waals surface area contributed by atoms with Crippen LogP contribution in [0.5, 0.6) is 5.88 Å². The maximum absolute atomic E-state index is 12.6. The minimum absolute atomic E-state index is 0.232. The summed E-state index contributed by atoms with van der Waals surface area (Å²) in [5, 5.41) is 3.51. The number of methoxy groups -OCH3 is 1. The summed E-state index contributed by atoms with van der Waals surface area (Å²) in [5.74, 6) is -0.591. The number of nitrogens with zero attached hydrogens (tertiary/aromatic N) is 2. The van der Waals surface area contributed by atoms with Crippen molar-refractivity contribution in [3.05, 3.63) is 23.9 Å². The molecule has 3 rings (SSSR count). The lowest BCUT2D eigenvalue weighted by atomic mass is 9.82. The zero-order valence-corrected chi connectivity index (χ0v) is 12.8. The minimum atomic E-state index is -0.860. The highest BCUT2D eigenvalue weighted by Gasteiger charge is 2.52. The maximum atomic E-state index is 12.6. The number of imide groups is 1. The van der Waals surface area contributed by atoms with Crippen molar-refractivity contribution in [2.24, 2.45) is 0 Å². The van der Waals surface area contributed by atoms with Crippen molar-refractivity contribution in [3.63, 3.8) is 0 Å². The summed E-state index contributed by atoms with van der Waals surface area (Å²) in [5.41, 5.74) is 1.73. The molecular formula is C15H18N4O4. The molecule has 8 heteroatoms. The normalized spacial score (nSPS) is 19.6. The van der Waals surface area contributed by atoms with Gasteiger partial charge in [-0.15, -0.1) is 0 Å². The van der Waals surface area contributed by atoms with E-state index in [4.69, 9.17) is 4.74 Å². The van der Waals surface area contributed by atoms with E-state index in [9.17, 15) is 14.4 Å². The van der Waals surface area contributed by atoms with Crippen LogP contribution in [0.2, 0.25) is 0 Å². The number of rotatable bonds is 3. The van der Waals surface area contributed by atoms with Crippen LogP contribution in [-0.4, -0.2) is 40.5 Å². The zero-order chi connectivity index (χ0) is 16.4. The van der Waals surface area contributed by atoms with E-state index in [1.165, 1.54) is 25.4 Å². The van der Waals surface area contributed by atoms with Gasteiger partial charge in [0, 0.05) is 12.3 Å². The fourth-order valence-corrected chi connectivity index (χ4v) is 3.02. The van der Waals surface area contributed by atoms with Crippen LogP contribution in [0, 0.1) is 0 Å². The predicted molar refractivity (Wildman–Crippen MR) is 79.4 cm³/mol. The first-order valence-corrected chi connectivity index (χ1v) is 7.53. The molecule has 0 radical (unpaired) electrons. The number of aromatic nitrogens is 1.